The van der Waals surface area contributed by atoms with Crippen LogP contribution < -0.4 is 9.47 Å². The van der Waals surface area contributed by atoms with Crippen LogP contribution in [0.25, 0.3) is 0 Å². The topological polar surface area (TPSA) is 38.8 Å². The average Bonchev–Trinajstić information content (AvgIpc) is 3.21. The summed E-state index contributed by atoms with van der Waals surface area (Å²) in [5.41, 5.74) is 3.02. The van der Waals surface area contributed by atoms with E-state index in [2.05, 4.69) is 23.6 Å². The fourth-order valence-electron chi connectivity index (χ4n) is 3.87. The van der Waals surface area contributed by atoms with Crippen LogP contribution in [0.3, 0.4) is 0 Å². The van der Waals surface area contributed by atoms with Gasteiger partial charge in [-0.3, -0.25) is 4.79 Å². The molecule has 5 rings (SSSR count). The normalized spacial score (nSPS) is 18.1. The van der Waals surface area contributed by atoms with E-state index in [9.17, 15) is 4.79 Å². The monoisotopic (exact) mass is 377 g/mol. The number of hydrogen-bond donors (Lipinski definition) is 0. The van der Waals surface area contributed by atoms with E-state index < -0.39 is 0 Å². The number of rotatable bonds is 2. The van der Waals surface area contributed by atoms with Gasteiger partial charge in [0, 0.05) is 17.0 Å². The van der Waals surface area contributed by atoms with Crippen LogP contribution in [0, 0.1) is 0 Å². The van der Waals surface area contributed by atoms with Crippen molar-refractivity contribution >= 4 is 17.2 Å². The van der Waals surface area contributed by atoms with Crippen LogP contribution in [0.5, 0.6) is 11.5 Å². The molecule has 0 radical (unpaired) electrons. The van der Waals surface area contributed by atoms with Crippen LogP contribution >= 0.6 is 11.3 Å². The highest BCUT2D eigenvalue weighted by Gasteiger charge is 2.33. The van der Waals surface area contributed by atoms with E-state index in [0.717, 1.165) is 12.0 Å². The van der Waals surface area contributed by atoms with Crippen molar-refractivity contribution in [3.8, 4) is 11.5 Å². The molecule has 4 nitrogen and oxygen atoms in total. The van der Waals surface area contributed by atoms with Gasteiger partial charge in [-0.15, -0.1) is 11.3 Å². The maximum Gasteiger partial charge on any atom is 0.254 e. The molecule has 0 unspecified atom stereocenters. The molecule has 0 saturated carbocycles. The highest BCUT2D eigenvalue weighted by molar-refractivity contribution is 7.10. The second-order valence-electron chi connectivity index (χ2n) is 6.72. The maximum atomic E-state index is 13.4. The number of hydrogen-bond acceptors (Lipinski definition) is 4. The SMILES string of the molecule is O=C(c1ccc2c(c1)OCCO2)N1CCc2sccc2[C@@H]1c1ccccc1. The number of amides is 1. The van der Waals surface area contributed by atoms with Crippen LogP contribution in [-0.4, -0.2) is 30.6 Å². The third-order valence-electron chi connectivity index (χ3n) is 5.13. The van der Waals surface area contributed by atoms with E-state index >= 15 is 0 Å². The zero-order valence-corrected chi connectivity index (χ0v) is 15.6. The molecule has 1 atom stereocenters. The second-order valence-corrected chi connectivity index (χ2v) is 7.72. The summed E-state index contributed by atoms with van der Waals surface area (Å²) < 4.78 is 11.2. The number of ether oxygens (including phenoxy) is 2. The number of nitrogens with zero attached hydrogens (tertiary/aromatic N) is 1. The smallest absolute Gasteiger partial charge is 0.254 e. The molecule has 0 bridgehead atoms. The van der Waals surface area contributed by atoms with Crippen molar-refractivity contribution in [1.82, 2.24) is 4.90 Å². The summed E-state index contributed by atoms with van der Waals surface area (Å²) in [6.07, 6.45) is 0.895. The molecule has 1 amide bonds. The Bertz CT molecular complexity index is 982. The lowest BCUT2D eigenvalue weighted by atomic mass is 9.92. The van der Waals surface area contributed by atoms with Crippen molar-refractivity contribution in [2.24, 2.45) is 0 Å². The molecule has 2 aliphatic heterocycles. The first kappa shape index (κ1) is 16.4. The molecule has 0 fully saturated rings. The van der Waals surface area contributed by atoms with Gasteiger partial charge in [0.15, 0.2) is 11.5 Å². The van der Waals surface area contributed by atoms with Crippen molar-refractivity contribution in [1.29, 1.82) is 0 Å². The summed E-state index contributed by atoms with van der Waals surface area (Å²) in [6.45, 7) is 1.77. The van der Waals surface area contributed by atoms with Gasteiger partial charge in [0.25, 0.3) is 5.91 Å². The van der Waals surface area contributed by atoms with Crippen LogP contribution in [0.15, 0.2) is 60.0 Å². The lowest BCUT2D eigenvalue weighted by Crippen LogP contribution is -2.40. The molecular weight excluding hydrogens is 358 g/mol. The fourth-order valence-corrected chi connectivity index (χ4v) is 4.78. The van der Waals surface area contributed by atoms with Gasteiger partial charge >= 0.3 is 0 Å². The van der Waals surface area contributed by atoms with E-state index in [-0.39, 0.29) is 11.9 Å². The van der Waals surface area contributed by atoms with Crippen LogP contribution in [0.2, 0.25) is 0 Å². The van der Waals surface area contributed by atoms with Gasteiger partial charge in [-0.1, -0.05) is 30.3 Å². The summed E-state index contributed by atoms with van der Waals surface area (Å²) in [5, 5.41) is 2.12. The van der Waals surface area contributed by atoms with E-state index in [1.165, 1.54) is 10.4 Å². The van der Waals surface area contributed by atoms with Crippen LogP contribution in [-0.2, 0) is 6.42 Å². The number of fused-ring (bicyclic) bond motifs is 2. The number of carbonyl (C=O) groups excluding carboxylic acids is 1. The molecule has 136 valence electrons. The van der Waals surface area contributed by atoms with Gasteiger partial charge < -0.3 is 14.4 Å². The quantitative estimate of drug-likeness (QED) is 0.668. The molecule has 1 aromatic heterocycles. The predicted molar refractivity (Wildman–Crippen MR) is 105 cm³/mol. The number of benzene rings is 2. The van der Waals surface area contributed by atoms with Crippen LogP contribution in [0.1, 0.15) is 32.4 Å². The summed E-state index contributed by atoms with van der Waals surface area (Å²) in [4.78, 5) is 16.8. The minimum atomic E-state index is -0.0538. The maximum absolute atomic E-state index is 13.4. The zero-order chi connectivity index (χ0) is 18.2. The molecular formula is C22H19NO3S. The molecule has 0 saturated heterocycles. The lowest BCUT2D eigenvalue weighted by molar-refractivity contribution is 0.0695. The first-order valence-corrected chi connectivity index (χ1v) is 10.0. The van der Waals surface area contributed by atoms with E-state index in [0.29, 0.717) is 36.8 Å². The molecule has 3 aromatic rings. The summed E-state index contributed by atoms with van der Waals surface area (Å²) in [6, 6.07) is 17.8. The minimum absolute atomic E-state index is 0.0256. The van der Waals surface area contributed by atoms with Gasteiger partial charge in [-0.25, -0.2) is 0 Å². The third kappa shape index (κ3) is 2.88. The summed E-state index contributed by atoms with van der Waals surface area (Å²) >= 11 is 1.78. The largest absolute Gasteiger partial charge is 0.486 e. The Morgan fingerprint density at radius 1 is 1.00 bits per heavy atom. The Labute approximate surface area is 162 Å². The zero-order valence-electron chi connectivity index (χ0n) is 14.8. The fraction of sp³-hybridized carbons (Fsp3) is 0.227. The first-order chi connectivity index (χ1) is 13.3. The average molecular weight is 377 g/mol. The van der Waals surface area contributed by atoms with Crippen LogP contribution in [0.4, 0.5) is 0 Å². The van der Waals surface area contributed by atoms with Gasteiger partial charge in [0.1, 0.15) is 13.2 Å². The third-order valence-corrected chi connectivity index (χ3v) is 6.13. The van der Waals surface area contributed by atoms with E-state index in [1.54, 1.807) is 11.3 Å². The molecule has 27 heavy (non-hydrogen) atoms. The van der Waals surface area contributed by atoms with Crippen molar-refractivity contribution in [3.05, 3.63) is 81.5 Å². The Hall–Kier alpha value is -2.79. The Balaban J connectivity index is 1.54. The first-order valence-electron chi connectivity index (χ1n) is 9.13. The van der Waals surface area contributed by atoms with Gasteiger partial charge in [0.2, 0.25) is 0 Å². The highest BCUT2D eigenvalue weighted by atomic mass is 32.1. The number of thiophene rings is 1. The van der Waals surface area contributed by atoms with Gasteiger partial charge in [-0.05, 0) is 47.2 Å². The number of carbonyl (C=O) groups is 1. The Morgan fingerprint density at radius 2 is 1.81 bits per heavy atom. The van der Waals surface area contributed by atoms with E-state index in [4.69, 9.17) is 9.47 Å². The standard InChI is InChI=1S/C22H19NO3S/c24-22(16-6-7-18-19(14-16)26-12-11-25-18)23-10-8-20-17(9-13-27-20)21(23)15-4-2-1-3-5-15/h1-7,9,13-14,21H,8,10-12H2/t21-/m0/s1. The summed E-state index contributed by atoms with van der Waals surface area (Å²) in [5.74, 6) is 1.38. The molecule has 2 aromatic carbocycles. The lowest BCUT2D eigenvalue weighted by Gasteiger charge is -2.36. The predicted octanol–water partition coefficient (Wildman–Crippen LogP) is 4.31. The van der Waals surface area contributed by atoms with Crippen molar-refractivity contribution in [2.45, 2.75) is 12.5 Å². The highest BCUT2D eigenvalue weighted by Crippen LogP contribution is 2.39. The molecule has 0 aliphatic carbocycles. The second kappa shape index (κ2) is 6.74. The Kier molecular flexibility index (Phi) is 4.09. The van der Waals surface area contributed by atoms with Gasteiger partial charge in [-0.2, -0.15) is 0 Å². The molecule has 5 heteroatoms. The molecule has 2 aliphatic rings. The molecule has 0 spiro atoms. The van der Waals surface area contributed by atoms with Crippen molar-refractivity contribution in [3.63, 3.8) is 0 Å². The molecule has 3 heterocycles. The minimum Gasteiger partial charge on any atom is -0.486 e. The van der Waals surface area contributed by atoms with E-state index in [1.807, 2.05) is 41.3 Å². The van der Waals surface area contributed by atoms with Crippen molar-refractivity contribution in [2.75, 3.05) is 19.8 Å². The van der Waals surface area contributed by atoms with Crippen molar-refractivity contribution < 1.29 is 14.3 Å². The molecule has 0 N–H and O–H groups in total. The van der Waals surface area contributed by atoms with Gasteiger partial charge in [0.05, 0.1) is 6.04 Å². The summed E-state index contributed by atoms with van der Waals surface area (Å²) in [7, 11) is 0. The Morgan fingerprint density at radius 3 is 2.67 bits per heavy atom.